The molecule has 0 amide bonds. The van der Waals surface area contributed by atoms with E-state index in [9.17, 15) is 0 Å². The minimum absolute atomic E-state index is 0.0822. The van der Waals surface area contributed by atoms with Crippen LogP contribution in [0.5, 0.6) is 0 Å². The highest BCUT2D eigenvalue weighted by atomic mass is 16.7. The van der Waals surface area contributed by atoms with Crippen molar-refractivity contribution in [3.63, 3.8) is 0 Å². The van der Waals surface area contributed by atoms with Gasteiger partial charge < -0.3 is 9.47 Å². The Labute approximate surface area is 68.9 Å². The molecule has 0 atom stereocenters. The van der Waals surface area contributed by atoms with Crippen molar-refractivity contribution in [2.45, 2.75) is 39.4 Å². The van der Waals surface area contributed by atoms with Crippen LogP contribution in [0.1, 0.15) is 33.1 Å². The predicted molar refractivity (Wildman–Crippen MR) is 44.4 cm³/mol. The van der Waals surface area contributed by atoms with Gasteiger partial charge in [-0.3, -0.25) is 0 Å². The molecule has 0 saturated heterocycles. The number of ether oxygens (including phenoxy) is 2. The van der Waals surface area contributed by atoms with Crippen molar-refractivity contribution < 1.29 is 9.47 Å². The molecule has 0 heterocycles. The van der Waals surface area contributed by atoms with Crippen LogP contribution in [0.2, 0.25) is 0 Å². The topological polar surface area (TPSA) is 18.5 Å². The minimum Gasteiger partial charge on any atom is -0.353 e. The molecular formula is C9H18O2. The SMILES string of the molecule is CCOC(OCC)C1CCC1. The number of hydrogen-bond donors (Lipinski definition) is 0. The molecule has 1 aliphatic carbocycles. The van der Waals surface area contributed by atoms with Crippen LogP contribution in [0.4, 0.5) is 0 Å². The van der Waals surface area contributed by atoms with Gasteiger partial charge in [-0.25, -0.2) is 0 Å². The molecule has 0 aromatic carbocycles. The number of hydrogen-bond acceptors (Lipinski definition) is 2. The van der Waals surface area contributed by atoms with E-state index in [0.29, 0.717) is 5.92 Å². The molecule has 2 heteroatoms. The Kier molecular flexibility index (Phi) is 3.87. The maximum absolute atomic E-state index is 5.46. The zero-order valence-electron chi connectivity index (χ0n) is 7.51. The van der Waals surface area contributed by atoms with Gasteiger partial charge in [0, 0.05) is 19.1 Å². The van der Waals surface area contributed by atoms with Crippen molar-refractivity contribution in [1.82, 2.24) is 0 Å². The highest BCUT2D eigenvalue weighted by molar-refractivity contribution is 4.72. The largest absolute Gasteiger partial charge is 0.353 e. The first-order valence-electron chi connectivity index (χ1n) is 4.61. The highest BCUT2D eigenvalue weighted by Crippen LogP contribution is 2.31. The van der Waals surface area contributed by atoms with Gasteiger partial charge in [0.05, 0.1) is 0 Å². The molecule has 1 aliphatic rings. The van der Waals surface area contributed by atoms with E-state index in [1.807, 2.05) is 13.8 Å². The minimum atomic E-state index is 0.0822. The predicted octanol–water partition coefficient (Wildman–Crippen LogP) is 2.19. The van der Waals surface area contributed by atoms with Gasteiger partial charge in [0.2, 0.25) is 0 Å². The van der Waals surface area contributed by atoms with E-state index in [4.69, 9.17) is 9.47 Å². The second-order valence-corrected chi connectivity index (χ2v) is 2.97. The average molecular weight is 158 g/mol. The average Bonchev–Trinajstić information content (AvgIpc) is 1.85. The molecule has 1 fully saturated rings. The van der Waals surface area contributed by atoms with Gasteiger partial charge in [0.15, 0.2) is 6.29 Å². The lowest BCUT2D eigenvalue weighted by atomic mass is 9.85. The van der Waals surface area contributed by atoms with Crippen LogP contribution in [0.15, 0.2) is 0 Å². The van der Waals surface area contributed by atoms with E-state index in [-0.39, 0.29) is 6.29 Å². The van der Waals surface area contributed by atoms with Crippen LogP contribution in [0.3, 0.4) is 0 Å². The fourth-order valence-electron chi connectivity index (χ4n) is 1.36. The smallest absolute Gasteiger partial charge is 0.160 e. The van der Waals surface area contributed by atoms with Crippen molar-refractivity contribution in [2.24, 2.45) is 5.92 Å². The van der Waals surface area contributed by atoms with E-state index in [0.717, 1.165) is 13.2 Å². The summed E-state index contributed by atoms with van der Waals surface area (Å²) in [5, 5.41) is 0. The first-order chi connectivity index (χ1) is 5.38. The Morgan fingerprint density at radius 2 is 1.73 bits per heavy atom. The molecule has 66 valence electrons. The Morgan fingerprint density at radius 3 is 2.00 bits per heavy atom. The summed E-state index contributed by atoms with van der Waals surface area (Å²) < 4.78 is 10.9. The summed E-state index contributed by atoms with van der Waals surface area (Å²) in [7, 11) is 0. The van der Waals surface area contributed by atoms with Gasteiger partial charge in [0.25, 0.3) is 0 Å². The number of rotatable bonds is 5. The first-order valence-corrected chi connectivity index (χ1v) is 4.61. The molecule has 0 radical (unpaired) electrons. The van der Waals surface area contributed by atoms with E-state index < -0.39 is 0 Å². The maximum atomic E-state index is 5.46. The summed E-state index contributed by atoms with van der Waals surface area (Å²) in [5.74, 6) is 0.676. The van der Waals surface area contributed by atoms with Crippen molar-refractivity contribution in [3.05, 3.63) is 0 Å². The molecule has 0 bridgehead atoms. The third kappa shape index (κ3) is 2.46. The summed E-state index contributed by atoms with van der Waals surface area (Å²) in [5.41, 5.74) is 0. The summed E-state index contributed by atoms with van der Waals surface area (Å²) in [6.07, 6.45) is 4.00. The van der Waals surface area contributed by atoms with E-state index in [1.165, 1.54) is 19.3 Å². The molecule has 0 unspecified atom stereocenters. The molecule has 2 nitrogen and oxygen atoms in total. The standard InChI is InChI=1S/C9H18O2/c1-3-10-9(11-4-2)8-6-5-7-8/h8-9H,3-7H2,1-2H3. The lowest BCUT2D eigenvalue weighted by Gasteiger charge is -2.32. The molecule has 0 spiro atoms. The molecule has 0 aliphatic heterocycles. The van der Waals surface area contributed by atoms with Crippen molar-refractivity contribution in [2.75, 3.05) is 13.2 Å². The molecule has 0 aromatic heterocycles. The Morgan fingerprint density at radius 1 is 1.18 bits per heavy atom. The molecule has 1 saturated carbocycles. The van der Waals surface area contributed by atoms with Crippen LogP contribution in [-0.2, 0) is 9.47 Å². The van der Waals surface area contributed by atoms with Crippen molar-refractivity contribution in [3.8, 4) is 0 Å². The third-order valence-electron chi connectivity index (χ3n) is 2.20. The summed E-state index contributed by atoms with van der Waals surface area (Å²) in [6.45, 7) is 5.57. The molecule has 11 heavy (non-hydrogen) atoms. The quantitative estimate of drug-likeness (QED) is 0.571. The van der Waals surface area contributed by atoms with E-state index >= 15 is 0 Å². The van der Waals surface area contributed by atoms with Gasteiger partial charge in [-0.15, -0.1) is 0 Å². The molecule has 0 N–H and O–H groups in total. The van der Waals surface area contributed by atoms with Gasteiger partial charge in [-0.2, -0.15) is 0 Å². The molecular weight excluding hydrogens is 140 g/mol. The zero-order chi connectivity index (χ0) is 8.10. The van der Waals surface area contributed by atoms with Crippen molar-refractivity contribution >= 4 is 0 Å². The Bertz CT molecular complexity index is 93.7. The van der Waals surface area contributed by atoms with Crippen molar-refractivity contribution in [1.29, 1.82) is 0 Å². The second-order valence-electron chi connectivity index (χ2n) is 2.97. The second kappa shape index (κ2) is 4.73. The van der Waals surface area contributed by atoms with Crippen LogP contribution >= 0.6 is 0 Å². The highest BCUT2D eigenvalue weighted by Gasteiger charge is 2.27. The monoisotopic (exact) mass is 158 g/mol. The Hall–Kier alpha value is -0.0800. The van der Waals surface area contributed by atoms with Gasteiger partial charge in [-0.1, -0.05) is 6.42 Å². The summed E-state index contributed by atoms with van der Waals surface area (Å²) in [4.78, 5) is 0. The van der Waals surface area contributed by atoms with Crippen LogP contribution in [-0.4, -0.2) is 19.5 Å². The van der Waals surface area contributed by atoms with Gasteiger partial charge >= 0.3 is 0 Å². The van der Waals surface area contributed by atoms with Gasteiger partial charge in [0.1, 0.15) is 0 Å². The molecule has 0 aromatic rings. The fourth-order valence-corrected chi connectivity index (χ4v) is 1.36. The maximum Gasteiger partial charge on any atom is 0.160 e. The van der Waals surface area contributed by atoms with E-state index in [2.05, 4.69) is 0 Å². The normalized spacial score (nSPS) is 18.8. The first kappa shape index (κ1) is 9.01. The van der Waals surface area contributed by atoms with Crippen LogP contribution in [0, 0.1) is 5.92 Å². The molecule has 1 rings (SSSR count). The Balaban J connectivity index is 2.19. The summed E-state index contributed by atoms with van der Waals surface area (Å²) in [6, 6.07) is 0. The lowest BCUT2D eigenvalue weighted by Crippen LogP contribution is -2.31. The van der Waals surface area contributed by atoms with Gasteiger partial charge in [-0.05, 0) is 26.7 Å². The third-order valence-corrected chi connectivity index (χ3v) is 2.20. The van der Waals surface area contributed by atoms with Crippen LogP contribution in [0.25, 0.3) is 0 Å². The van der Waals surface area contributed by atoms with E-state index in [1.54, 1.807) is 0 Å². The zero-order valence-corrected chi connectivity index (χ0v) is 7.51. The fraction of sp³-hybridized carbons (Fsp3) is 1.00. The summed E-state index contributed by atoms with van der Waals surface area (Å²) >= 11 is 0. The van der Waals surface area contributed by atoms with Crippen LogP contribution < -0.4 is 0 Å². The lowest BCUT2D eigenvalue weighted by molar-refractivity contribution is -0.181.